The van der Waals surface area contributed by atoms with Crippen molar-refractivity contribution in [3.63, 3.8) is 0 Å². The summed E-state index contributed by atoms with van der Waals surface area (Å²) in [6, 6.07) is 6.54. The normalized spacial score (nSPS) is 14.9. The highest BCUT2D eigenvalue weighted by Gasteiger charge is 2.25. The number of benzene rings is 1. The van der Waals surface area contributed by atoms with E-state index in [1.165, 1.54) is 52.6 Å². The Morgan fingerprint density at radius 1 is 1.20 bits per heavy atom. The minimum atomic E-state index is -0.137. The molecule has 0 unspecified atom stereocenters. The van der Waals surface area contributed by atoms with Crippen molar-refractivity contribution in [1.29, 1.82) is 0 Å². The van der Waals surface area contributed by atoms with Crippen LogP contribution in [0.2, 0.25) is 0 Å². The molecule has 0 bridgehead atoms. The van der Waals surface area contributed by atoms with Gasteiger partial charge in [0.2, 0.25) is 5.91 Å². The van der Waals surface area contributed by atoms with Gasteiger partial charge in [-0.3, -0.25) is 14.2 Å². The molecule has 0 radical (unpaired) electrons. The molecule has 0 aliphatic heterocycles. The first-order valence-electron chi connectivity index (χ1n) is 10.8. The molecule has 30 heavy (non-hydrogen) atoms. The third-order valence-electron chi connectivity index (χ3n) is 6.36. The Kier molecular flexibility index (Phi) is 6.04. The van der Waals surface area contributed by atoms with Crippen LogP contribution in [0.1, 0.15) is 50.2 Å². The second-order valence-electron chi connectivity index (χ2n) is 8.28. The Bertz CT molecular complexity index is 1130. The Morgan fingerprint density at radius 2 is 1.97 bits per heavy atom. The third kappa shape index (κ3) is 3.93. The standard InChI is InChI=1S/C24H29N3O2S/c1-4-27(19-8-6-5-7-9-19)21(28)13-26-15-25-23-22(24(26)29)20(14-30-23)18-11-10-16(2)17(3)12-18/h10-12,14-15,19H,4-9,13H2,1-3H3. The maximum Gasteiger partial charge on any atom is 0.263 e. The minimum absolute atomic E-state index is 0.00982. The average molecular weight is 424 g/mol. The molecule has 1 saturated carbocycles. The summed E-state index contributed by atoms with van der Waals surface area (Å²) in [4.78, 5) is 33.5. The zero-order valence-corrected chi connectivity index (χ0v) is 18.8. The van der Waals surface area contributed by atoms with Gasteiger partial charge in [-0.15, -0.1) is 11.3 Å². The molecule has 1 fully saturated rings. The van der Waals surface area contributed by atoms with Crippen LogP contribution in [0, 0.1) is 13.8 Å². The molecule has 6 heteroatoms. The molecule has 4 rings (SSSR count). The summed E-state index contributed by atoms with van der Waals surface area (Å²) in [5.74, 6) is 0.00982. The van der Waals surface area contributed by atoms with E-state index in [2.05, 4.69) is 31.0 Å². The van der Waals surface area contributed by atoms with Crippen LogP contribution in [0.3, 0.4) is 0 Å². The molecule has 0 spiro atoms. The first kappa shape index (κ1) is 20.8. The van der Waals surface area contributed by atoms with Crippen molar-refractivity contribution in [2.45, 2.75) is 65.5 Å². The number of fused-ring (bicyclic) bond motifs is 1. The maximum atomic E-state index is 13.3. The van der Waals surface area contributed by atoms with Crippen molar-refractivity contribution in [3.05, 3.63) is 51.4 Å². The van der Waals surface area contributed by atoms with E-state index >= 15 is 0 Å². The van der Waals surface area contributed by atoms with E-state index in [4.69, 9.17) is 0 Å². The van der Waals surface area contributed by atoms with Crippen LogP contribution in [0.15, 0.2) is 34.7 Å². The van der Waals surface area contributed by atoms with E-state index in [9.17, 15) is 9.59 Å². The number of nitrogens with zero attached hydrogens (tertiary/aromatic N) is 3. The van der Waals surface area contributed by atoms with Crippen LogP contribution in [0.5, 0.6) is 0 Å². The van der Waals surface area contributed by atoms with Gasteiger partial charge in [0.1, 0.15) is 11.4 Å². The van der Waals surface area contributed by atoms with Crippen LogP contribution in [-0.2, 0) is 11.3 Å². The predicted molar refractivity (Wildman–Crippen MR) is 123 cm³/mol. The number of carbonyl (C=O) groups excluding carboxylic acids is 1. The van der Waals surface area contributed by atoms with E-state index in [0.29, 0.717) is 18.0 Å². The van der Waals surface area contributed by atoms with Gasteiger partial charge < -0.3 is 4.90 Å². The lowest BCUT2D eigenvalue weighted by molar-refractivity contribution is -0.134. The predicted octanol–water partition coefficient (Wildman–Crippen LogP) is 4.92. The molecule has 1 aromatic carbocycles. The number of hydrogen-bond acceptors (Lipinski definition) is 4. The Balaban J connectivity index is 1.67. The largest absolute Gasteiger partial charge is 0.338 e. The van der Waals surface area contributed by atoms with Gasteiger partial charge in [0.15, 0.2) is 0 Å². The lowest BCUT2D eigenvalue weighted by Crippen LogP contribution is -2.44. The SMILES string of the molecule is CCN(C(=O)Cn1cnc2scc(-c3ccc(C)c(C)c3)c2c1=O)C1CCCCC1. The van der Waals surface area contributed by atoms with Crippen LogP contribution < -0.4 is 5.56 Å². The van der Waals surface area contributed by atoms with Gasteiger partial charge in [-0.1, -0.05) is 37.5 Å². The molecule has 1 aliphatic rings. The van der Waals surface area contributed by atoms with Crippen molar-refractivity contribution in [2.24, 2.45) is 0 Å². The van der Waals surface area contributed by atoms with Gasteiger partial charge in [0.25, 0.3) is 5.56 Å². The minimum Gasteiger partial charge on any atom is -0.338 e. The fourth-order valence-corrected chi connectivity index (χ4v) is 5.38. The Labute approximate surface area is 181 Å². The van der Waals surface area contributed by atoms with E-state index in [1.807, 2.05) is 23.3 Å². The number of carbonyl (C=O) groups is 1. The first-order chi connectivity index (χ1) is 14.5. The molecule has 3 aromatic rings. The summed E-state index contributed by atoms with van der Waals surface area (Å²) < 4.78 is 1.48. The van der Waals surface area contributed by atoms with E-state index in [1.54, 1.807) is 0 Å². The number of aromatic nitrogens is 2. The molecule has 1 amide bonds. The maximum absolute atomic E-state index is 13.3. The summed E-state index contributed by atoms with van der Waals surface area (Å²) in [7, 11) is 0. The van der Waals surface area contributed by atoms with Crippen LogP contribution >= 0.6 is 11.3 Å². The zero-order valence-electron chi connectivity index (χ0n) is 18.0. The molecule has 158 valence electrons. The molecule has 1 aliphatic carbocycles. The lowest BCUT2D eigenvalue weighted by Gasteiger charge is -2.33. The average Bonchev–Trinajstić information content (AvgIpc) is 3.18. The van der Waals surface area contributed by atoms with Crippen molar-refractivity contribution in [3.8, 4) is 11.1 Å². The molecular formula is C24H29N3O2S. The van der Waals surface area contributed by atoms with Gasteiger partial charge in [-0.2, -0.15) is 0 Å². The Hall–Kier alpha value is -2.47. The summed E-state index contributed by atoms with van der Waals surface area (Å²) in [6.45, 7) is 6.91. The molecule has 2 heterocycles. The second-order valence-corrected chi connectivity index (χ2v) is 9.14. The highest BCUT2D eigenvalue weighted by molar-refractivity contribution is 7.17. The quantitative estimate of drug-likeness (QED) is 0.585. The molecular weight excluding hydrogens is 394 g/mol. The number of likely N-dealkylation sites (N-methyl/N-ethyl adjacent to an activating group) is 1. The fraction of sp³-hybridized carbons (Fsp3) is 0.458. The summed E-state index contributed by atoms with van der Waals surface area (Å²) in [5, 5.41) is 2.61. The van der Waals surface area contributed by atoms with E-state index in [0.717, 1.165) is 28.8 Å². The van der Waals surface area contributed by atoms with Gasteiger partial charge in [0, 0.05) is 23.5 Å². The van der Waals surface area contributed by atoms with Gasteiger partial charge in [0.05, 0.1) is 11.7 Å². The fourth-order valence-electron chi connectivity index (χ4n) is 4.47. The molecule has 0 saturated heterocycles. The molecule has 5 nitrogen and oxygen atoms in total. The van der Waals surface area contributed by atoms with E-state index < -0.39 is 0 Å². The third-order valence-corrected chi connectivity index (χ3v) is 7.25. The monoisotopic (exact) mass is 423 g/mol. The molecule has 2 aromatic heterocycles. The van der Waals surface area contributed by atoms with Gasteiger partial charge in [-0.05, 0) is 50.3 Å². The topological polar surface area (TPSA) is 55.2 Å². The highest BCUT2D eigenvalue weighted by Crippen LogP contribution is 2.31. The smallest absolute Gasteiger partial charge is 0.263 e. The summed E-state index contributed by atoms with van der Waals surface area (Å²) in [5.41, 5.74) is 4.20. The first-order valence-corrected chi connectivity index (χ1v) is 11.7. The Morgan fingerprint density at radius 3 is 2.67 bits per heavy atom. The summed E-state index contributed by atoms with van der Waals surface area (Å²) >= 11 is 1.47. The van der Waals surface area contributed by atoms with Crippen molar-refractivity contribution >= 4 is 27.5 Å². The van der Waals surface area contributed by atoms with Crippen molar-refractivity contribution < 1.29 is 4.79 Å². The van der Waals surface area contributed by atoms with Crippen molar-refractivity contribution in [2.75, 3.05) is 6.54 Å². The van der Waals surface area contributed by atoms with Crippen LogP contribution in [0.25, 0.3) is 21.3 Å². The number of aryl methyl sites for hydroxylation is 2. The number of amides is 1. The second kappa shape index (κ2) is 8.72. The van der Waals surface area contributed by atoms with Gasteiger partial charge in [-0.25, -0.2) is 4.98 Å². The lowest BCUT2D eigenvalue weighted by atomic mass is 9.94. The molecule has 0 N–H and O–H groups in total. The number of thiophene rings is 1. The zero-order chi connectivity index (χ0) is 21.3. The van der Waals surface area contributed by atoms with Crippen LogP contribution in [-0.4, -0.2) is 32.9 Å². The summed E-state index contributed by atoms with van der Waals surface area (Å²) in [6.07, 6.45) is 7.26. The highest BCUT2D eigenvalue weighted by atomic mass is 32.1. The van der Waals surface area contributed by atoms with E-state index in [-0.39, 0.29) is 18.0 Å². The van der Waals surface area contributed by atoms with Crippen LogP contribution in [0.4, 0.5) is 0 Å². The number of hydrogen-bond donors (Lipinski definition) is 0. The van der Waals surface area contributed by atoms with Crippen molar-refractivity contribution in [1.82, 2.24) is 14.5 Å². The molecule has 0 atom stereocenters. The van der Waals surface area contributed by atoms with Gasteiger partial charge >= 0.3 is 0 Å². The number of rotatable bonds is 5.